The van der Waals surface area contributed by atoms with Crippen LogP contribution in [0.3, 0.4) is 0 Å². The van der Waals surface area contributed by atoms with E-state index in [1.807, 2.05) is 31.2 Å². The Bertz CT molecular complexity index is 585. The number of Topliss-reactive ketones (excluding diaryl/α,β-unsaturated/α-hetero) is 1. The molecule has 2 aromatic rings. The summed E-state index contributed by atoms with van der Waals surface area (Å²) in [5.41, 5.74) is 2.22. The van der Waals surface area contributed by atoms with Crippen molar-refractivity contribution in [1.29, 1.82) is 0 Å². The van der Waals surface area contributed by atoms with Crippen LogP contribution in [0.5, 0.6) is 11.5 Å². The molecule has 19 heavy (non-hydrogen) atoms. The molecule has 0 heterocycles. The maximum absolute atomic E-state index is 12.2. The van der Waals surface area contributed by atoms with Crippen LogP contribution in [0.2, 0.25) is 0 Å². The lowest BCUT2D eigenvalue weighted by Gasteiger charge is -2.06. The van der Waals surface area contributed by atoms with Gasteiger partial charge < -0.3 is 9.84 Å². The van der Waals surface area contributed by atoms with E-state index in [4.69, 9.17) is 4.74 Å². The van der Waals surface area contributed by atoms with Gasteiger partial charge >= 0.3 is 0 Å². The van der Waals surface area contributed by atoms with E-state index in [9.17, 15) is 9.90 Å². The molecule has 2 rings (SSSR count). The highest BCUT2D eigenvalue weighted by atomic mass is 16.5. The van der Waals surface area contributed by atoms with E-state index in [1.54, 1.807) is 25.3 Å². The number of hydrogen-bond acceptors (Lipinski definition) is 3. The maximum atomic E-state index is 12.2. The Hall–Kier alpha value is -2.29. The molecule has 0 fully saturated rings. The molecule has 2 aromatic carbocycles. The van der Waals surface area contributed by atoms with Gasteiger partial charge in [0.25, 0.3) is 0 Å². The molecule has 0 saturated heterocycles. The predicted molar refractivity (Wildman–Crippen MR) is 73.9 cm³/mol. The largest absolute Gasteiger partial charge is 0.507 e. The lowest BCUT2D eigenvalue weighted by molar-refractivity contribution is 0.0990. The van der Waals surface area contributed by atoms with Crippen LogP contribution in [0.15, 0.2) is 42.5 Å². The van der Waals surface area contributed by atoms with Crippen LogP contribution < -0.4 is 4.74 Å². The summed E-state index contributed by atoms with van der Waals surface area (Å²) in [6.07, 6.45) is 0.265. The van der Waals surface area contributed by atoms with Gasteiger partial charge in [0.15, 0.2) is 5.78 Å². The van der Waals surface area contributed by atoms with Gasteiger partial charge in [0.2, 0.25) is 0 Å². The number of ether oxygens (including phenoxy) is 1. The predicted octanol–water partition coefficient (Wildman–Crippen LogP) is 3.13. The number of ketones is 1. The summed E-state index contributed by atoms with van der Waals surface area (Å²) in [7, 11) is 1.60. The fourth-order valence-electron chi connectivity index (χ4n) is 1.90. The number of rotatable bonds is 4. The molecule has 0 aromatic heterocycles. The molecule has 3 nitrogen and oxygen atoms in total. The van der Waals surface area contributed by atoms with E-state index >= 15 is 0 Å². The van der Waals surface area contributed by atoms with Crippen LogP contribution in [0.1, 0.15) is 21.5 Å². The number of aromatic hydroxyl groups is 1. The quantitative estimate of drug-likeness (QED) is 0.855. The van der Waals surface area contributed by atoms with Crippen molar-refractivity contribution in [3.05, 3.63) is 59.2 Å². The molecule has 0 atom stereocenters. The number of carbonyl (C=O) groups is 1. The van der Waals surface area contributed by atoms with Gasteiger partial charge in [-0.25, -0.2) is 0 Å². The van der Waals surface area contributed by atoms with Crippen molar-refractivity contribution >= 4 is 5.78 Å². The first-order valence-electron chi connectivity index (χ1n) is 6.06. The van der Waals surface area contributed by atoms with Crippen molar-refractivity contribution in [3.8, 4) is 11.5 Å². The van der Waals surface area contributed by atoms with Gasteiger partial charge in [-0.05, 0) is 36.8 Å². The van der Waals surface area contributed by atoms with Crippen LogP contribution in [-0.2, 0) is 6.42 Å². The summed E-state index contributed by atoms with van der Waals surface area (Å²) in [4.78, 5) is 12.2. The molecule has 0 unspecified atom stereocenters. The van der Waals surface area contributed by atoms with Gasteiger partial charge in [0.05, 0.1) is 12.7 Å². The highest BCUT2D eigenvalue weighted by Crippen LogP contribution is 2.21. The zero-order valence-corrected chi connectivity index (χ0v) is 11.0. The molecule has 0 aliphatic heterocycles. The third kappa shape index (κ3) is 3.13. The summed E-state index contributed by atoms with van der Waals surface area (Å²) in [6.45, 7) is 1.89. The van der Waals surface area contributed by atoms with Crippen molar-refractivity contribution < 1.29 is 14.6 Å². The normalized spacial score (nSPS) is 10.2. The molecular formula is C16H16O3. The first-order chi connectivity index (χ1) is 9.10. The highest BCUT2D eigenvalue weighted by molar-refractivity contribution is 6.00. The minimum Gasteiger partial charge on any atom is -0.507 e. The van der Waals surface area contributed by atoms with Crippen molar-refractivity contribution in [2.24, 2.45) is 0 Å². The molecule has 0 aliphatic carbocycles. The molecule has 0 amide bonds. The average molecular weight is 256 g/mol. The summed E-state index contributed by atoms with van der Waals surface area (Å²) >= 11 is 0. The minimum atomic E-state index is -0.0913. The zero-order chi connectivity index (χ0) is 13.8. The Balaban J connectivity index is 2.18. The molecule has 3 heteroatoms. The maximum Gasteiger partial charge on any atom is 0.170 e. The van der Waals surface area contributed by atoms with E-state index in [1.165, 1.54) is 0 Å². The van der Waals surface area contributed by atoms with E-state index in [0.717, 1.165) is 16.9 Å². The van der Waals surface area contributed by atoms with Gasteiger partial charge in [0, 0.05) is 6.42 Å². The molecule has 0 bridgehead atoms. The first kappa shape index (κ1) is 13.1. The van der Waals surface area contributed by atoms with Crippen molar-refractivity contribution in [2.45, 2.75) is 13.3 Å². The number of aryl methyl sites for hydroxylation is 1. The van der Waals surface area contributed by atoms with E-state index < -0.39 is 0 Å². The molecule has 0 saturated carbocycles. The summed E-state index contributed by atoms with van der Waals surface area (Å²) < 4.78 is 5.07. The van der Waals surface area contributed by atoms with Crippen molar-refractivity contribution in [1.82, 2.24) is 0 Å². The number of hydrogen-bond donors (Lipinski definition) is 1. The molecule has 98 valence electrons. The topological polar surface area (TPSA) is 46.5 Å². The average Bonchev–Trinajstić information content (AvgIpc) is 2.42. The summed E-state index contributed by atoms with van der Waals surface area (Å²) in [5.74, 6) is 0.699. The number of carbonyl (C=O) groups excluding carboxylic acids is 1. The lowest BCUT2D eigenvalue weighted by Crippen LogP contribution is -2.04. The van der Waals surface area contributed by atoms with Crippen LogP contribution in [-0.4, -0.2) is 18.0 Å². The van der Waals surface area contributed by atoms with Crippen LogP contribution in [0.4, 0.5) is 0 Å². The standard InChI is InChI=1S/C16H16O3/c1-11-3-8-15(17)14(9-11)16(18)10-12-4-6-13(19-2)7-5-12/h3-9,17H,10H2,1-2H3. The molecule has 0 radical (unpaired) electrons. The number of methoxy groups -OCH3 is 1. The highest BCUT2D eigenvalue weighted by Gasteiger charge is 2.12. The van der Waals surface area contributed by atoms with E-state index in [2.05, 4.69) is 0 Å². The summed E-state index contributed by atoms with van der Waals surface area (Å²) in [5, 5.41) is 9.72. The van der Waals surface area contributed by atoms with E-state index in [-0.39, 0.29) is 18.0 Å². The van der Waals surface area contributed by atoms with Crippen LogP contribution in [0.25, 0.3) is 0 Å². The zero-order valence-electron chi connectivity index (χ0n) is 11.0. The second-order valence-electron chi connectivity index (χ2n) is 4.47. The second-order valence-corrected chi connectivity index (χ2v) is 4.47. The third-order valence-corrected chi connectivity index (χ3v) is 2.98. The fraction of sp³-hybridized carbons (Fsp3) is 0.188. The summed E-state index contributed by atoms with van der Waals surface area (Å²) in [6, 6.07) is 12.4. The third-order valence-electron chi connectivity index (χ3n) is 2.98. The lowest BCUT2D eigenvalue weighted by atomic mass is 10.0. The Kier molecular flexibility index (Phi) is 3.85. The Morgan fingerprint density at radius 1 is 1.16 bits per heavy atom. The first-order valence-corrected chi connectivity index (χ1v) is 6.06. The van der Waals surface area contributed by atoms with Gasteiger partial charge in [-0.1, -0.05) is 23.8 Å². The molecular weight excluding hydrogens is 240 g/mol. The van der Waals surface area contributed by atoms with Gasteiger partial charge in [0.1, 0.15) is 11.5 Å². The van der Waals surface area contributed by atoms with Crippen molar-refractivity contribution in [2.75, 3.05) is 7.11 Å². The van der Waals surface area contributed by atoms with Crippen molar-refractivity contribution in [3.63, 3.8) is 0 Å². The fourth-order valence-corrected chi connectivity index (χ4v) is 1.90. The molecule has 0 spiro atoms. The Morgan fingerprint density at radius 3 is 2.47 bits per heavy atom. The molecule has 0 aliphatic rings. The number of phenolic OH excluding ortho intramolecular Hbond substituents is 1. The minimum absolute atomic E-state index is 0.0316. The number of phenols is 1. The van der Waals surface area contributed by atoms with Gasteiger partial charge in [-0.3, -0.25) is 4.79 Å². The smallest absolute Gasteiger partial charge is 0.170 e. The van der Waals surface area contributed by atoms with Crippen LogP contribution in [0, 0.1) is 6.92 Å². The molecule has 1 N–H and O–H groups in total. The monoisotopic (exact) mass is 256 g/mol. The van der Waals surface area contributed by atoms with Gasteiger partial charge in [-0.2, -0.15) is 0 Å². The SMILES string of the molecule is COc1ccc(CC(=O)c2cc(C)ccc2O)cc1. The second kappa shape index (κ2) is 5.57. The van der Waals surface area contributed by atoms with E-state index in [0.29, 0.717) is 5.56 Å². The Morgan fingerprint density at radius 2 is 1.84 bits per heavy atom. The Labute approximate surface area is 112 Å². The van der Waals surface area contributed by atoms with Gasteiger partial charge in [-0.15, -0.1) is 0 Å². The van der Waals surface area contributed by atoms with Crippen LogP contribution >= 0.6 is 0 Å². The number of benzene rings is 2.